The Hall–Kier alpha value is -0.830. The van der Waals surface area contributed by atoms with Crippen LogP contribution in [-0.2, 0) is 13.0 Å². The van der Waals surface area contributed by atoms with Crippen molar-refractivity contribution in [1.29, 1.82) is 0 Å². The maximum atomic E-state index is 6.12. The van der Waals surface area contributed by atoms with Gasteiger partial charge in [0, 0.05) is 31.4 Å². The largest absolute Gasteiger partial charge is 0.335 e. The first-order valence-electron chi connectivity index (χ1n) is 6.53. The molecule has 0 aromatic carbocycles. The number of nitrogens with zero attached hydrogens (tertiary/aromatic N) is 2. The van der Waals surface area contributed by atoms with Crippen LogP contribution in [0.25, 0.3) is 0 Å². The number of aryl methyl sites for hydroxylation is 1. The van der Waals surface area contributed by atoms with Crippen molar-refractivity contribution in [3.63, 3.8) is 0 Å². The fourth-order valence-electron chi connectivity index (χ4n) is 1.97. The van der Waals surface area contributed by atoms with Crippen LogP contribution in [0.2, 0.25) is 0 Å². The monoisotopic (exact) mass is 223 g/mol. The molecule has 0 saturated heterocycles. The van der Waals surface area contributed by atoms with Crippen LogP contribution in [-0.4, -0.2) is 15.6 Å². The van der Waals surface area contributed by atoms with E-state index in [4.69, 9.17) is 5.73 Å². The summed E-state index contributed by atoms with van der Waals surface area (Å²) < 4.78 is 2.22. The predicted octanol–water partition coefficient (Wildman–Crippen LogP) is 2.74. The zero-order valence-electron chi connectivity index (χ0n) is 10.7. The van der Waals surface area contributed by atoms with Gasteiger partial charge in [0.05, 0.1) is 0 Å². The molecule has 2 N–H and O–H groups in total. The summed E-state index contributed by atoms with van der Waals surface area (Å²) in [4.78, 5) is 4.39. The van der Waals surface area contributed by atoms with E-state index in [1.165, 1.54) is 19.3 Å². The standard InChI is InChI=1S/C13H25N3/c1-3-5-6-7-12(14)11-13-15-8-10-16(13)9-4-2/h8,10,12H,3-7,9,11,14H2,1-2H3. The highest BCUT2D eigenvalue weighted by Gasteiger charge is 2.08. The molecule has 16 heavy (non-hydrogen) atoms. The van der Waals surface area contributed by atoms with E-state index in [0.717, 1.165) is 31.6 Å². The summed E-state index contributed by atoms with van der Waals surface area (Å²) >= 11 is 0. The van der Waals surface area contributed by atoms with E-state index in [0.29, 0.717) is 0 Å². The Balaban J connectivity index is 2.36. The first-order valence-corrected chi connectivity index (χ1v) is 6.53. The molecule has 1 atom stereocenters. The van der Waals surface area contributed by atoms with Crippen molar-refractivity contribution in [3.05, 3.63) is 18.2 Å². The summed E-state index contributed by atoms with van der Waals surface area (Å²) in [7, 11) is 0. The van der Waals surface area contributed by atoms with E-state index in [1.54, 1.807) is 0 Å². The second kappa shape index (κ2) is 7.44. The number of unbranched alkanes of at least 4 members (excludes halogenated alkanes) is 2. The van der Waals surface area contributed by atoms with Crippen LogP contribution in [0.5, 0.6) is 0 Å². The van der Waals surface area contributed by atoms with E-state index in [2.05, 4.69) is 29.6 Å². The number of hydrogen-bond donors (Lipinski definition) is 1. The van der Waals surface area contributed by atoms with E-state index in [9.17, 15) is 0 Å². The molecule has 0 aliphatic carbocycles. The van der Waals surface area contributed by atoms with Crippen molar-refractivity contribution in [2.45, 2.75) is 65.0 Å². The molecule has 1 heterocycles. The van der Waals surface area contributed by atoms with Crippen molar-refractivity contribution < 1.29 is 0 Å². The summed E-state index contributed by atoms with van der Waals surface area (Å²) in [5, 5.41) is 0. The lowest BCUT2D eigenvalue weighted by molar-refractivity contribution is 0.528. The molecule has 1 unspecified atom stereocenters. The van der Waals surface area contributed by atoms with Crippen molar-refractivity contribution in [2.75, 3.05) is 0 Å². The lowest BCUT2D eigenvalue weighted by Crippen LogP contribution is -2.24. The molecule has 0 amide bonds. The number of hydrogen-bond acceptors (Lipinski definition) is 2. The summed E-state index contributed by atoms with van der Waals surface area (Å²) in [5.74, 6) is 1.14. The highest BCUT2D eigenvalue weighted by molar-refractivity contribution is 4.95. The van der Waals surface area contributed by atoms with Crippen LogP contribution in [0.15, 0.2) is 12.4 Å². The summed E-state index contributed by atoms with van der Waals surface area (Å²) in [6.07, 6.45) is 10.9. The molecule has 0 aliphatic rings. The molecule has 0 fully saturated rings. The van der Waals surface area contributed by atoms with Gasteiger partial charge >= 0.3 is 0 Å². The quantitative estimate of drug-likeness (QED) is 0.689. The minimum Gasteiger partial charge on any atom is -0.335 e. The molecule has 0 aliphatic heterocycles. The van der Waals surface area contributed by atoms with Crippen LogP contribution >= 0.6 is 0 Å². The number of imidazole rings is 1. The number of rotatable bonds is 8. The molecule has 0 bridgehead atoms. The number of nitrogens with two attached hydrogens (primary N) is 1. The van der Waals surface area contributed by atoms with Crippen LogP contribution in [0.4, 0.5) is 0 Å². The molecule has 3 heteroatoms. The van der Waals surface area contributed by atoms with Gasteiger partial charge in [0.1, 0.15) is 5.82 Å². The van der Waals surface area contributed by atoms with Gasteiger partial charge < -0.3 is 10.3 Å². The Morgan fingerprint density at radius 2 is 2.12 bits per heavy atom. The molecule has 92 valence electrons. The molecule has 1 rings (SSSR count). The van der Waals surface area contributed by atoms with Gasteiger partial charge in [0.15, 0.2) is 0 Å². The Morgan fingerprint density at radius 1 is 1.31 bits per heavy atom. The highest BCUT2D eigenvalue weighted by atomic mass is 15.1. The Kier molecular flexibility index (Phi) is 6.16. The second-order valence-corrected chi connectivity index (χ2v) is 4.50. The molecule has 0 radical (unpaired) electrons. The van der Waals surface area contributed by atoms with E-state index in [1.807, 2.05) is 6.20 Å². The van der Waals surface area contributed by atoms with Gasteiger partial charge in [-0.15, -0.1) is 0 Å². The lowest BCUT2D eigenvalue weighted by Gasteiger charge is -2.12. The predicted molar refractivity (Wildman–Crippen MR) is 68.3 cm³/mol. The first-order chi connectivity index (χ1) is 7.77. The third-order valence-corrected chi connectivity index (χ3v) is 2.89. The average Bonchev–Trinajstić information content (AvgIpc) is 2.67. The van der Waals surface area contributed by atoms with E-state index >= 15 is 0 Å². The molecular weight excluding hydrogens is 198 g/mol. The van der Waals surface area contributed by atoms with Crippen molar-refractivity contribution in [1.82, 2.24) is 9.55 Å². The molecule has 1 aromatic heterocycles. The summed E-state index contributed by atoms with van der Waals surface area (Å²) in [5.41, 5.74) is 6.12. The van der Waals surface area contributed by atoms with Crippen molar-refractivity contribution in [2.24, 2.45) is 5.73 Å². The SMILES string of the molecule is CCCCCC(N)Cc1nccn1CCC. The minimum absolute atomic E-state index is 0.268. The molecular formula is C13H25N3. The van der Waals surface area contributed by atoms with E-state index < -0.39 is 0 Å². The fraction of sp³-hybridized carbons (Fsp3) is 0.769. The second-order valence-electron chi connectivity index (χ2n) is 4.50. The van der Waals surface area contributed by atoms with Gasteiger partial charge in [-0.1, -0.05) is 33.1 Å². The van der Waals surface area contributed by atoms with Crippen molar-refractivity contribution >= 4 is 0 Å². The third-order valence-electron chi connectivity index (χ3n) is 2.89. The first kappa shape index (κ1) is 13.2. The molecule has 3 nitrogen and oxygen atoms in total. The Labute approximate surface area is 99.1 Å². The zero-order valence-corrected chi connectivity index (χ0v) is 10.7. The normalized spacial score (nSPS) is 12.9. The van der Waals surface area contributed by atoms with Gasteiger partial charge in [-0.3, -0.25) is 0 Å². The van der Waals surface area contributed by atoms with Crippen LogP contribution in [0.3, 0.4) is 0 Å². The van der Waals surface area contributed by atoms with Crippen molar-refractivity contribution in [3.8, 4) is 0 Å². The van der Waals surface area contributed by atoms with Gasteiger partial charge in [-0.05, 0) is 12.8 Å². The fourth-order valence-corrected chi connectivity index (χ4v) is 1.97. The zero-order chi connectivity index (χ0) is 11.8. The Bertz CT molecular complexity index is 280. The highest BCUT2D eigenvalue weighted by Crippen LogP contribution is 2.07. The van der Waals surface area contributed by atoms with Crippen LogP contribution < -0.4 is 5.73 Å². The molecule has 0 saturated carbocycles. The maximum absolute atomic E-state index is 6.12. The molecule has 1 aromatic rings. The van der Waals surface area contributed by atoms with Crippen LogP contribution in [0.1, 0.15) is 51.8 Å². The van der Waals surface area contributed by atoms with Crippen LogP contribution in [0, 0.1) is 0 Å². The summed E-state index contributed by atoms with van der Waals surface area (Å²) in [6.45, 7) is 5.46. The Morgan fingerprint density at radius 3 is 2.81 bits per heavy atom. The smallest absolute Gasteiger partial charge is 0.110 e. The van der Waals surface area contributed by atoms with E-state index in [-0.39, 0.29) is 6.04 Å². The van der Waals surface area contributed by atoms with Gasteiger partial charge in [0.25, 0.3) is 0 Å². The lowest BCUT2D eigenvalue weighted by atomic mass is 10.1. The topological polar surface area (TPSA) is 43.8 Å². The maximum Gasteiger partial charge on any atom is 0.110 e. The number of aromatic nitrogens is 2. The van der Waals surface area contributed by atoms with Gasteiger partial charge in [-0.2, -0.15) is 0 Å². The third kappa shape index (κ3) is 4.35. The minimum atomic E-state index is 0.268. The van der Waals surface area contributed by atoms with Gasteiger partial charge in [0.2, 0.25) is 0 Å². The van der Waals surface area contributed by atoms with Gasteiger partial charge in [-0.25, -0.2) is 4.98 Å². The molecule has 0 spiro atoms. The average molecular weight is 223 g/mol. The summed E-state index contributed by atoms with van der Waals surface area (Å²) in [6, 6.07) is 0.268.